The van der Waals surface area contributed by atoms with Crippen LogP contribution in [0.3, 0.4) is 0 Å². The highest BCUT2D eigenvalue weighted by Crippen LogP contribution is 2.38. The summed E-state index contributed by atoms with van der Waals surface area (Å²) in [4.78, 5) is 26.1. The van der Waals surface area contributed by atoms with Crippen LogP contribution in [0, 0.1) is 23.0 Å². The van der Waals surface area contributed by atoms with Crippen LogP contribution in [0.1, 0.15) is 17.0 Å². The number of rotatable bonds is 3. The lowest BCUT2D eigenvalue weighted by Gasteiger charge is -2.24. The quantitative estimate of drug-likeness (QED) is 0.460. The molecule has 4 rings (SSSR count). The maximum absolute atomic E-state index is 14.9. The predicted octanol–water partition coefficient (Wildman–Crippen LogP) is 3.31. The van der Waals surface area contributed by atoms with Gasteiger partial charge in [0.2, 0.25) is 0 Å². The number of methoxy groups -OCH3 is 1. The molecule has 1 aromatic heterocycles. The summed E-state index contributed by atoms with van der Waals surface area (Å²) in [5, 5.41) is 9.89. The summed E-state index contributed by atoms with van der Waals surface area (Å²) >= 11 is 7.40. The Morgan fingerprint density at radius 3 is 2.50 bits per heavy atom. The molecule has 172 valence electrons. The predicted molar refractivity (Wildman–Crippen MR) is 131 cm³/mol. The van der Waals surface area contributed by atoms with E-state index in [-0.39, 0.29) is 37.3 Å². The molecule has 6 nitrogen and oxygen atoms in total. The molecule has 0 radical (unpaired) electrons. The molecule has 0 amide bonds. The van der Waals surface area contributed by atoms with Crippen molar-refractivity contribution in [1.82, 2.24) is 4.57 Å². The average molecular weight is 609 g/mol. The minimum Gasteiger partial charge on any atom is -0.466 e. The van der Waals surface area contributed by atoms with Gasteiger partial charge in [0, 0.05) is 20.1 Å². The third kappa shape index (κ3) is 4.02. The largest absolute Gasteiger partial charge is 0.466 e. The number of aromatic nitrogens is 1. The van der Waals surface area contributed by atoms with Crippen molar-refractivity contribution in [2.24, 2.45) is 5.73 Å². The molecule has 0 unspecified atom stereocenters. The summed E-state index contributed by atoms with van der Waals surface area (Å²) in [5.41, 5.74) is 5.38. The zero-order valence-electron chi connectivity index (χ0n) is 17.2. The van der Waals surface area contributed by atoms with Gasteiger partial charge in [-0.05, 0) is 42.5 Å². The van der Waals surface area contributed by atoms with Crippen LogP contribution in [-0.4, -0.2) is 17.6 Å². The third-order valence-corrected chi connectivity index (χ3v) is 7.28. The van der Waals surface area contributed by atoms with Crippen LogP contribution in [0.15, 0.2) is 55.7 Å². The Labute approximate surface area is 212 Å². The number of nitriles is 1. The second-order valence-electron chi connectivity index (χ2n) is 7.14. The molecule has 2 N–H and O–H groups in total. The van der Waals surface area contributed by atoms with E-state index in [0.29, 0.717) is 8.95 Å². The lowest BCUT2D eigenvalue weighted by atomic mass is 9.83. The summed E-state index contributed by atoms with van der Waals surface area (Å²) in [7, 11) is 1.14. The van der Waals surface area contributed by atoms with E-state index in [4.69, 9.17) is 10.5 Å². The standard InChI is InChI=1S/C23H13Br2F2N3O3S/c1-33-23(32)19-18(13-8-12(25)3-5-16(13)27)14(9-28)20(29)30-21(31)17(34-22(19)30)7-10-6-11(24)2-4-15(10)26/h2-8,18H,29H2,1H3/t18-/m1/s1. The van der Waals surface area contributed by atoms with Gasteiger partial charge in [-0.2, -0.15) is 5.26 Å². The maximum atomic E-state index is 14.9. The average Bonchev–Trinajstić information content (AvgIpc) is 3.13. The number of esters is 1. The molecule has 0 bridgehead atoms. The molecule has 2 heterocycles. The van der Waals surface area contributed by atoms with Gasteiger partial charge in [-0.15, -0.1) is 11.3 Å². The lowest BCUT2D eigenvalue weighted by molar-refractivity contribution is -0.134. The SMILES string of the molecule is COC(=O)C1=c2sc(=Cc3cc(Br)ccc3F)c(=O)n2C(N)=C(C#N)[C@H]1c1cc(Br)ccc1F. The highest BCUT2D eigenvalue weighted by Gasteiger charge is 2.37. The monoisotopic (exact) mass is 607 g/mol. The van der Waals surface area contributed by atoms with Crippen molar-refractivity contribution in [3.05, 3.63) is 93.2 Å². The van der Waals surface area contributed by atoms with Crippen molar-refractivity contribution in [3.63, 3.8) is 0 Å². The first kappa shape index (κ1) is 24.1. The maximum Gasteiger partial charge on any atom is 0.337 e. The van der Waals surface area contributed by atoms with Gasteiger partial charge in [0.05, 0.1) is 34.8 Å². The van der Waals surface area contributed by atoms with E-state index >= 15 is 0 Å². The normalized spacial score (nSPS) is 15.8. The first-order valence-corrected chi connectivity index (χ1v) is 11.9. The van der Waals surface area contributed by atoms with E-state index < -0.39 is 29.1 Å². The van der Waals surface area contributed by atoms with Gasteiger partial charge in [-0.3, -0.25) is 9.36 Å². The minimum atomic E-state index is -1.22. The van der Waals surface area contributed by atoms with E-state index in [0.717, 1.165) is 23.0 Å². The fourth-order valence-corrected chi connectivity index (χ4v) is 5.58. The number of benzene rings is 2. The summed E-state index contributed by atoms with van der Waals surface area (Å²) in [6.07, 6.45) is 1.32. The van der Waals surface area contributed by atoms with Gasteiger partial charge in [0.25, 0.3) is 5.56 Å². The van der Waals surface area contributed by atoms with Gasteiger partial charge >= 0.3 is 5.97 Å². The summed E-state index contributed by atoms with van der Waals surface area (Å²) in [6.45, 7) is 0. The van der Waals surface area contributed by atoms with Gasteiger partial charge in [-0.1, -0.05) is 31.9 Å². The summed E-state index contributed by atoms with van der Waals surface area (Å²) in [5.74, 6) is -3.56. The number of allylic oxidation sites excluding steroid dienone is 1. The van der Waals surface area contributed by atoms with Crippen LogP contribution in [0.4, 0.5) is 8.78 Å². The number of carbonyl (C=O) groups is 1. The Hall–Kier alpha value is -3.07. The second kappa shape index (κ2) is 9.29. The summed E-state index contributed by atoms with van der Waals surface area (Å²) < 4.78 is 36.4. The molecule has 0 saturated carbocycles. The highest BCUT2D eigenvalue weighted by atomic mass is 79.9. The number of hydrogen-bond acceptors (Lipinski definition) is 6. The van der Waals surface area contributed by atoms with Gasteiger partial charge < -0.3 is 10.5 Å². The number of thiazole rings is 1. The smallest absolute Gasteiger partial charge is 0.337 e. The molecule has 3 aromatic rings. The Morgan fingerprint density at radius 1 is 1.21 bits per heavy atom. The van der Waals surface area contributed by atoms with Gasteiger partial charge in [-0.25, -0.2) is 13.6 Å². The number of fused-ring (bicyclic) bond motifs is 1. The number of halogens is 4. The van der Waals surface area contributed by atoms with E-state index in [1.807, 2.05) is 6.07 Å². The number of hydrogen-bond donors (Lipinski definition) is 1. The highest BCUT2D eigenvalue weighted by molar-refractivity contribution is 9.10. The number of nitrogens with two attached hydrogens (primary N) is 1. The molecule has 0 saturated heterocycles. The number of nitrogens with zero attached hydrogens (tertiary/aromatic N) is 2. The lowest BCUT2D eigenvalue weighted by Crippen LogP contribution is -2.40. The first-order valence-electron chi connectivity index (χ1n) is 9.54. The molecule has 0 aliphatic carbocycles. The minimum absolute atomic E-state index is 0.00457. The van der Waals surface area contributed by atoms with Crippen LogP contribution < -0.4 is 20.5 Å². The van der Waals surface area contributed by atoms with Gasteiger partial charge in [0.1, 0.15) is 22.1 Å². The topological polar surface area (TPSA) is 98.1 Å². The molecule has 0 spiro atoms. The molecule has 1 atom stereocenters. The molecule has 1 aliphatic rings. The number of carbonyl (C=O) groups excluding carboxylic acids is 1. The second-order valence-corrected chi connectivity index (χ2v) is 10.00. The van der Waals surface area contributed by atoms with Crippen LogP contribution >= 0.6 is 43.2 Å². The van der Waals surface area contributed by atoms with Crippen LogP contribution in [0.25, 0.3) is 17.5 Å². The van der Waals surface area contributed by atoms with Crippen LogP contribution in [-0.2, 0) is 9.53 Å². The zero-order valence-corrected chi connectivity index (χ0v) is 21.2. The molecular formula is C23H13Br2F2N3O3S. The fraction of sp³-hybridized carbons (Fsp3) is 0.0870. The van der Waals surface area contributed by atoms with Crippen molar-refractivity contribution in [1.29, 1.82) is 5.26 Å². The summed E-state index contributed by atoms with van der Waals surface area (Å²) in [6, 6.07) is 10.2. The Balaban J connectivity index is 2.15. The van der Waals surface area contributed by atoms with E-state index in [9.17, 15) is 23.6 Å². The third-order valence-electron chi connectivity index (χ3n) is 5.19. The van der Waals surface area contributed by atoms with Crippen molar-refractivity contribution in [2.75, 3.05) is 7.11 Å². The van der Waals surface area contributed by atoms with Crippen molar-refractivity contribution < 1.29 is 18.3 Å². The van der Waals surface area contributed by atoms with Crippen LogP contribution in [0.5, 0.6) is 0 Å². The molecule has 0 fully saturated rings. The Bertz CT molecular complexity index is 1620. The van der Waals surface area contributed by atoms with Crippen molar-refractivity contribution in [3.8, 4) is 6.07 Å². The zero-order chi connectivity index (χ0) is 24.7. The van der Waals surface area contributed by atoms with Crippen molar-refractivity contribution in [2.45, 2.75) is 5.92 Å². The van der Waals surface area contributed by atoms with E-state index in [1.54, 1.807) is 0 Å². The number of ether oxygens (including phenoxy) is 1. The van der Waals surface area contributed by atoms with E-state index in [2.05, 4.69) is 31.9 Å². The molecule has 34 heavy (non-hydrogen) atoms. The Kier molecular flexibility index (Phi) is 6.58. The fourth-order valence-electron chi connectivity index (χ4n) is 3.67. The first-order chi connectivity index (χ1) is 16.2. The van der Waals surface area contributed by atoms with E-state index in [1.165, 1.54) is 42.5 Å². The van der Waals surface area contributed by atoms with Crippen molar-refractivity contribution >= 4 is 66.6 Å². The van der Waals surface area contributed by atoms with Gasteiger partial charge in [0.15, 0.2) is 0 Å². The van der Waals surface area contributed by atoms with Crippen LogP contribution in [0.2, 0.25) is 0 Å². The molecule has 1 aliphatic heterocycles. The molecule has 11 heteroatoms. The molecular weight excluding hydrogens is 596 g/mol. The molecule has 2 aromatic carbocycles. The Morgan fingerprint density at radius 2 is 1.85 bits per heavy atom.